The number of aromatic hydroxyl groups is 1. The Bertz CT molecular complexity index is 400. The van der Waals surface area contributed by atoms with Crippen molar-refractivity contribution in [3.63, 3.8) is 0 Å². The van der Waals surface area contributed by atoms with Gasteiger partial charge in [0, 0.05) is 37.8 Å². The molecule has 106 valence electrons. The van der Waals surface area contributed by atoms with Gasteiger partial charge in [-0.15, -0.1) is 0 Å². The zero-order valence-electron chi connectivity index (χ0n) is 12.2. The molecule has 1 aliphatic rings. The van der Waals surface area contributed by atoms with E-state index in [-0.39, 0.29) is 0 Å². The first-order valence-corrected chi connectivity index (χ1v) is 7.46. The van der Waals surface area contributed by atoms with Crippen LogP contribution in [-0.4, -0.2) is 36.2 Å². The molecule has 0 unspecified atom stereocenters. The maximum Gasteiger partial charge on any atom is 0.120 e. The Hall–Kier alpha value is -1.06. The molecule has 2 rings (SSSR count). The lowest BCUT2D eigenvalue weighted by molar-refractivity contribution is 0.160. The van der Waals surface area contributed by atoms with Crippen molar-refractivity contribution in [2.24, 2.45) is 0 Å². The molecule has 1 aromatic carbocycles. The van der Waals surface area contributed by atoms with E-state index in [9.17, 15) is 5.11 Å². The summed E-state index contributed by atoms with van der Waals surface area (Å²) in [4.78, 5) is 2.51. The van der Waals surface area contributed by atoms with Crippen LogP contribution in [0.25, 0.3) is 0 Å². The quantitative estimate of drug-likeness (QED) is 0.856. The Morgan fingerprint density at radius 1 is 1.32 bits per heavy atom. The zero-order chi connectivity index (χ0) is 13.7. The van der Waals surface area contributed by atoms with Gasteiger partial charge in [0.05, 0.1) is 0 Å². The Morgan fingerprint density at radius 3 is 2.74 bits per heavy atom. The summed E-state index contributed by atoms with van der Waals surface area (Å²) < 4.78 is 0. The van der Waals surface area contributed by atoms with Crippen LogP contribution >= 0.6 is 0 Å². The summed E-state index contributed by atoms with van der Waals surface area (Å²) >= 11 is 0. The molecule has 3 nitrogen and oxygen atoms in total. The number of phenols is 1. The lowest BCUT2D eigenvalue weighted by atomic mass is 9.96. The van der Waals surface area contributed by atoms with E-state index < -0.39 is 0 Å². The minimum atomic E-state index is 0.363. The predicted molar refractivity (Wildman–Crippen MR) is 79.6 cm³/mol. The molecule has 1 heterocycles. The van der Waals surface area contributed by atoms with Gasteiger partial charge in [-0.2, -0.15) is 0 Å². The first kappa shape index (κ1) is 14.4. The van der Waals surface area contributed by atoms with Crippen molar-refractivity contribution in [3.8, 4) is 5.75 Å². The van der Waals surface area contributed by atoms with Gasteiger partial charge in [0.1, 0.15) is 5.75 Å². The maximum atomic E-state index is 10.2. The fourth-order valence-corrected chi connectivity index (χ4v) is 2.87. The average molecular weight is 262 g/mol. The van der Waals surface area contributed by atoms with Gasteiger partial charge in [0.15, 0.2) is 0 Å². The normalized spacial score (nSPS) is 18.4. The van der Waals surface area contributed by atoms with Crippen LogP contribution in [0.2, 0.25) is 0 Å². The van der Waals surface area contributed by atoms with Crippen LogP contribution in [0.1, 0.15) is 43.4 Å². The largest absolute Gasteiger partial charge is 0.508 e. The number of phenolic OH excluding ortho intramolecular Hbond substituents is 1. The molecule has 0 aromatic heterocycles. The van der Waals surface area contributed by atoms with Gasteiger partial charge in [-0.25, -0.2) is 0 Å². The summed E-state index contributed by atoms with van der Waals surface area (Å²) in [5, 5.41) is 13.6. The predicted octanol–water partition coefficient (Wildman–Crippen LogP) is 2.84. The number of hydrogen-bond donors (Lipinski definition) is 2. The molecule has 0 saturated carbocycles. The fourth-order valence-electron chi connectivity index (χ4n) is 2.87. The highest BCUT2D eigenvalue weighted by molar-refractivity contribution is 5.38. The Kier molecular flexibility index (Phi) is 5.23. The van der Waals surface area contributed by atoms with Crippen LogP contribution in [0.15, 0.2) is 18.2 Å². The molecular formula is C16H26N2O. The molecular weight excluding hydrogens is 236 g/mol. The second kappa shape index (κ2) is 6.92. The van der Waals surface area contributed by atoms with E-state index in [0.29, 0.717) is 11.8 Å². The fraction of sp³-hybridized carbons (Fsp3) is 0.625. The van der Waals surface area contributed by atoms with Gasteiger partial charge in [-0.05, 0) is 19.4 Å². The Labute approximate surface area is 116 Å². The van der Waals surface area contributed by atoms with Crippen LogP contribution < -0.4 is 5.32 Å². The van der Waals surface area contributed by atoms with E-state index in [1.807, 2.05) is 12.1 Å². The van der Waals surface area contributed by atoms with Crippen LogP contribution in [0.4, 0.5) is 0 Å². The monoisotopic (exact) mass is 262 g/mol. The van der Waals surface area contributed by atoms with E-state index in [0.717, 1.165) is 38.2 Å². The molecule has 0 aliphatic carbocycles. The second-order valence-electron chi connectivity index (χ2n) is 5.51. The van der Waals surface area contributed by atoms with Crippen molar-refractivity contribution >= 4 is 0 Å². The Morgan fingerprint density at radius 2 is 2.05 bits per heavy atom. The number of unbranched alkanes of at least 4 members (excludes halogenated alkanes) is 1. The number of aryl methyl sites for hydroxylation is 1. The first-order chi connectivity index (χ1) is 9.22. The van der Waals surface area contributed by atoms with E-state index >= 15 is 0 Å². The van der Waals surface area contributed by atoms with E-state index in [1.54, 1.807) is 0 Å². The topological polar surface area (TPSA) is 35.5 Å². The summed E-state index contributed by atoms with van der Waals surface area (Å²) in [7, 11) is 0. The van der Waals surface area contributed by atoms with Crippen LogP contribution in [0.3, 0.4) is 0 Å². The number of benzene rings is 1. The smallest absolute Gasteiger partial charge is 0.120 e. The van der Waals surface area contributed by atoms with E-state index in [1.165, 1.54) is 18.4 Å². The number of nitrogens with one attached hydrogen (secondary N) is 1. The standard InChI is InChI=1S/C16H26N2O/c1-3-4-5-15(18-10-8-17-9-11-18)14-12-13(2)6-7-16(14)19/h6-7,12,15,17,19H,3-5,8-11H2,1-2H3/t15-/m1/s1. The lowest BCUT2D eigenvalue weighted by Gasteiger charge is -2.35. The van der Waals surface area contributed by atoms with E-state index in [4.69, 9.17) is 0 Å². The third-order valence-electron chi connectivity index (χ3n) is 3.97. The molecule has 0 radical (unpaired) electrons. The number of hydrogen-bond acceptors (Lipinski definition) is 3. The minimum Gasteiger partial charge on any atom is -0.508 e. The number of rotatable bonds is 5. The van der Waals surface area contributed by atoms with Gasteiger partial charge < -0.3 is 10.4 Å². The molecule has 1 atom stereocenters. The van der Waals surface area contributed by atoms with Crippen LogP contribution in [0, 0.1) is 6.92 Å². The number of piperazine rings is 1. The summed E-state index contributed by atoms with van der Waals surface area (Å²) in [6.07, 6.45) is 3.55. The molecule has 0 amide bonds. The highest BCUT2D eigenvalue weighted by atomic mass is 16.3. The van der Waals surface area contributed by atoms with Crippen LogP contribution in [0.5, 0.6) is 5.75 Å². The third-order valence-corrected chi connectivity index (χ3v) is 3.97. The molecule has 1 saturated heterocycles. The Balaban J connectivity index is 2.22. The van der Waals surface area contributed by atoms with Gasteiger partial charge in [0.25, 0.3) is 0 Å². The summed E-state index contributed by atoms with van der Waals surface area (Å²) in [5.74, 6) is 0.449. The maximum absolute atomic E-state index is 10.2. The van der Waals surface area contributed by atoms with Crippen molar-refractivity contribution in [2.75, 3.05) is 26.2 Å². The highest BCUT2D eigenvalue weighted by Crippen LogP contribution is 2.33. The van der Waals surface area contributed by atoms with Crippen molar-refractivity contribution in [1.82, 2.24) is 10.2 Å². The molecule has 1 aliphatic heterocycles. The lowest BCUT2D eigenvalue weighted by Crippen LogP contribution is -2.45. The van der Waals surface area contributed by atoms with Crippen molar-refractivity contribution < 1.29 is 5.11 Å². The SMILES string of the molecule is CCCC[C@H](c1cc(C)ccc1O)N1CCNCC1. The molecule has 0 bridgehead atoms. The van der Waals surface area contributed by atoms with E-state index in [2.05, 4.69) is 30.1 Å². The van der Waals surface area contributed by atoms with Crippen molar-refractivity contribution in [2.45, 2.75) is 39.2 Å². The molecule has 0 spiro atoms. The van der Waals surface area contributed by atoms with Gasteiger partial charge in [0.2, 0.25) is 0 Å². The van der Waals surface area contributed by atoms with Gasteiger partial charge >= 0.3 is 0 Å². The summed E-state index contributed by atoms with van der Waals surface area (Å²) in [6, 6.07) is 6.33. The highest BCUT2D eigenvalue weighted by Gasteiger charge is 2.23. The molecule has 3 heteroatoms. The summed E-state index contributed by atoms with van der Waals surface area (Å²) in [6.45, 7) is 8.57. The van der Waals surface area contributed by atoms with Crippen molar-refractivity contribution in [3.05, 3.63) is 29.3 Å². The number of nitrogens with zero attached hydrogens (tertiary/aromatic N) is 1. The minimum absolute atomic E-state index is 0.363. The third kappa shape index (κ3) is 3.71. The first-order valence-electron chi connectivity index (χ1n) is 7.46. The van der Waals surface area contributed by atoms with Gasteiger partial charge in [-0.1, -0.05) is 37.5 Å². The second-order valence-corrected chi connectivity index (χ2v) is 5.51. The average Bonchev–Trinajstić information content (AvgIpc) is 2.44. The molecule has 2 N–H and O–H groups in total. The van der Waals surface area contributed by atoms with Crippen LogP contribution in [-0.2, 0) is 0 Å². The van der Waals surface area contributed by atoms with Crippen molar-refractivity contribution in [1.29, 1.82) is 0 Å². The molecule has 1 aromatic rings. The molecule has 1 fully saturated rings. The zero-order valence-corrected chi connectivity index (χ0v) is 12.2. The molecule has 19 heavy (non-hydrogen) atoms. The van der Waals surface area contributed by atoms with Gasteiger partial charge in [-0.3, -0.25) is 4.90 Å². The summed E-state index contributed by atoms with van der Waals surface area (Å²) in [5.41, 5.74) is 2.33.